The lowest BCUT2D eigenvalue weighted by Gasteiger charge is -2.17. The molecule has 2 rings (SSSR count). The summed E-state index contributed by atoms with van der Waals surface area (Å²) >= 11 is 0. The molecule has 23 heavy (non-hydrogen) atoms. The minimum atomic E-state index is -4.39. The smallest absolute Gasteiger partial charge is 0.391 e. The van der Waals surface area contributed by atoms with Gasteiger partial charge in [-0.2, -0.15) is 13.2 Å². The molecule has 4 nitrogen and oxygen atoms in total. The number of carbonyl (C=O) groups excluding carboxylic acids is 1. The molecule has 128 valence electrons. The number of nitrogens with one attached hydrogen (secondary N) is 2. The third-order valence-electron chi connectivity index (χ3n) is 4.14. The van der Waals surface area contributed by atoms with Crippen LogP contribution in [0.4, 0.5) is 13.2 Å². The maximum atomic E-state index is 12.7. The summed E-state index contributed by atoms with van der Waals surface area (Å²) in [4.78, 5) is 11.9. The molecular weight excluding hydrogens is 309 g/mol. The Morgan fingerprint density at radius 3 is 2.78 bits per heavy atom. The highest BCUT2D eigenvalue weighted by Gasteiger charge is 2.31. The molecule has 1 aliphatic heterocycles. The number of halogens is 3. The van der Waals surface area contributed by atoms with Crippen LogP contribution in [0.2, 0.25) is 0 Å². The Morgan fingerprint density at radius 1 is 1.43 bits per heavy atom. The van der Waals surface area contributed by atoms with E-state index in [9.17, 15) is 23.1 Å². The Hall–Kier alpha value is -1.60. The van der Waals surface area contributed by atoms with Crippen LogP contribution in [0.5, 0.6) is 0 Å². The van der Waals surface area contributed by atoms with Crippen LogP contribution in [0.3, 0.4) is 0 Å². The number of benzene rings is 1. The molecule has 1 aromatic rings. The standard InChI is InChI=1S/C16H21F3N2O2/c1-10(11-3-2-4-13(6-11)16(17,18)19)5-15(23)21-8-12-7-20-9-14(12)22/h2-4,6,10,12,14,20,22H,5,7-9H2,1H3,(H,21,23). The molecule has 0 radical (unpaired) electrons. The second kappa shape index (κ2) is 7.31. The average Bonchev–Trinajstić information content (AvgIpc) is 2.89. The number of rotatable bonds is 5. The Balaban J connectivity index is 1.88. The van der Waals surface area contributed by atoms with Crippen molar-refractivity contribution in [2.75, 3.05) is 19.6 Å². The fraction of sp³-hybridized carbons (Fsp3) is 0.562. The summed E-state index contributed by atoms with van der Waals surface area (Å²) < 4.78 is 38.1. The van der Waals surface area contributed by atoms with Gasteiger partial charge in [-0.1, -0.05) is 25.1 Å². The van der Waals surface area contributed by atoms with Crippen molar-refractivity contribution < 1.29 is 23.1 Å². The largest absolute Gasteiger partial charge is 0.416 e. The number of carbonyl (C=O) groups is 1. The summed E-state index contributed by atoms with van der Waals surface area (Å²) in [5.74, 6) is -0.569. The van der Waals surface area contributed by atoms with Gasteiger partial charge in [-0.3, -0.25) is 4.79 Å². The second-order valence-corrected chi connectivity index (χ2v) is 6.02. The minimum Gasteiger partial charge on any atom is -0.391 e. The maximum Gasteiger partial charge on any atom is 0.416 e. The first-order valence-corrected chi connectivity index (χ1v) is 7.60. The summed E-state index contributed by atoms with van der Waals surface area (Å²) in [6.07, 6.45) is -4.75. The number of β-amino-alcohol motifs (C(OH)–C–C–N with tert-alkyl or cyclic N) is 1. The van der Waals surface area contributed by atoms with E-state index in [-0.39, 0.29) is 24.2 Å². The molecule has 1 fully saturated rings. The minimum absolute atomic E-state index is 0.0252. The van der Waals surface area contributed by atoms with Gasteiger partial charge in [-0.15, -0.1) is 0 Å². The molecule has 1 amide bonds. The Morgan fingerprint density at radius 2 is 2.17 bits per heavy atom. The van der Waals surface area contributed by atoms with E-state index in [0.717, 1.165) is 12.1 Å². The first-order valence-electron chi connectivity index (χ1n) is 7.60. The fourth-order valence-corrected chi connectivity index (χ4v) is 2.66. The van der Waals surface area contributed by atoms with Gasteiger partial charge in [-0.25, -0.2) is 0 Å². The van der Waals surface area contributed by atoms with Crippen molar-refractivity contribution in [1.29, 1.82) is 0 Å². The van der Waals surface area contributed by atoms with E-state index in [4.69, 9.17) is 0 Å². The third-order valence-corrected chi connectivity index (χ3v) is 4.14. The van der Waals surface area contributed by atoms with Gasteiger partial charge >= 0.3 is 6.18 Å². The predicted molar refractivity (Wildman–Crippen MR) is 79.9 cm³/mol. The Labute approximate surface area is 133 Å². The Kier molecular flexibility index (Phi) is 5.64. The van der Waals surface area contributed by atoms with Crippen LogP contribution in [-0.4, -0.2) is 36.8 Å². The zero-order chi connectivity index (χ0) is 17.0. The molecule has 3 N–H and O–H groups in total. The second-order valence-electron chi connectivity index (χ2n) is 6.02. The first kappa shape index (κ1) is 17.7. The van der Waals surface area contributed by atoms with E-state index in [2.05, 4.69) is 10.6 Å². The first-order chi connectivity index (χ1) is 10.8. The fourth-order valence-electron chi connectivity index (χ4n) is 2.66. The zero-order valence-corrected chi connectivity index (χ0v) is 12.9. The number of amides is 1. The lowest BCUT2D eigenvalue weighted by Crippen LogP contribution is -2.34. The molecule has 0 spiro atoms. The van der Waals surface area contributed by atoms with Gasteiger partial charge < -0.3 is 15.7 Å². The lowest BCUT2D eigenvalue weighted by molar-refractivity contribution is -0.137. The van der Waals surface area contributed by atoms with Crippen molar-refractivity contribution in [3.63, 3.8) is 0 Å². The zero-order valence-electron chi connectivity index (χ0n) is 12.9. The molecule has 1 aromatic carbocycles. The van der Waals surface area contributed by atoms with Gasteiger partial charge in [-0.05, 0) is 17.5 Å². The normalized spacial score (nSPS) is 22.8. The van der Waals surface area contributed by atoms with Crippen molar-refractivity contribution in [1.82, 2.24) is 10.6 Å². The van der Waals surface area contributed by atoms with Gasteiger partial charge in [0.25, 0.3) is 0 Å². The highest BCUT2D eigenvalue weighted by Crippen LogP contribution is 2.31. The summed E-state index contributed by atoms with van der Waals surface area (Å²) in [6.45, 7) is 3.25. The summed E-state index contributed by atoms with van der Waals surface area (Å²) in [5, 5.41) is 15.4. The average molecular weight is 330 g/mol. The van der Waals surface area contributed by atoms with Crippen LogP contribution in [0.15, 0.2) is 24.3 Å². The van der Waals surface area contributed by atoms with Crippen LogP contribution in [-0.2, 0) is 11.0 Å². The number of aliphatic hydroxyl groups excluding tert-OH is 1. The molecule has 0 saturated carbocycles. The number of hydrogen-bond donors (Lipinski definition) is 3. The summed E-state index contributed by atoms with van der Waals surface area (Å²) in [5.41, 5.74) is -0.222. The molecule has 1 saturated heterocycles. The van der Waals surface area contributed by atoms with Crippen LogP contribution in [0.1, 0.15) is 30.4 Å². The summed E-state index contributed by atoms with van der Waals surface area (Å²) in [7, 11) is 0. The van der Waals surface area contributed by atoms with Crippen LogP contribution in [0, 0.1) is 5.92 Å². The molecule has 0 aliphatic carbocycles. The summed E-state index contributed by atoms with van der Waals surface area (Å²) in [6, 6.07) is 5.05. The maximum absolute atomic E-state index is 12.7. The van der Waals surface area contributed by atoms with E-state index >= 15 is 0 Å². The van der Waals surface area contributed by atoms with Gasteiger partial charge in [0.2, 0.25) is 5.91 Å². The highest BCUT2D eigenvalue weighted by molar-refractivity contribution is 5.76. The molecule has 3 unspecified atom stereocenters. The third kappa shape index (κ3) is 4.94. The van der Waals surface area contributed by atoms with Crippen LogP contribution >= 0.6 is 0 Å². The van der Waals surface area contributed by atoms with E-state index in [1.54, 1.807) is 13.0 Å². The van der Waals surface area contributed by atoms with Crippen molar-refractivity contribution in [2.45, 2.75) is 31.5 Å². The predicted octanol–water partition coefficient (Wildman–Crippen LogP) is 1.90. The molecule has 7 heteroatoms. The van der Waals surface area contributed by atoms with E-state index in [1.165, 1.54) is 6.07 Å². The number of hydrogen-bond acceptors (Lipinski definition) is 3. The molecule has 0 bridgehead atoms. The van der Waals surface area contributed by atoms with Crippen LogP contribution in [0.25, 0.3) is 0 Å². The van der Waals surface area contributed by atoms with E-state index in [1.807, 2.05) is 0 Å². The number of aliphatic hydroxyl groups is 1. The van der Waals surface area contributed by atoms with Gasteiger partial charge in [0.05, 0.1) is 11.7 Å². The SMILES string of the molecule is CC(CC(=O)NCC1CNCC1O)c1cccc(C(F)(F)F)c1. The van der Waals surface area contributed by atoms with Crippen molar-refractivity contribution in [3.05, 3.63) is 35.4 Å². The topological polar surface area (TPSA) is 61.4 Å². The highest BCUT2D eigenvalue weighted by atomic mass is 19.4. The van der Waals surface area contributed by atoms with E-state index in [0.29, 0.717) is 25.2 Å². The van der Waals surface area contributed by atoms with Crippen LogP contribution < -0.4 is 10.6 Å². The van der Waals surface area contributed by atoms with Crippen molar-refractivity contribution in [3.8, 4) is 0 Å². The monoisotopic (exact) mass is 330 g/mol. The number of alkyl halides is 3. The molecule has 1 heterocycles. The lowest BCUT2D eigenvalue weighted by atomic mass is 9.95. The quantitative estimate of drug-likeness (QED) is 0.773. The van der Waals surface area contributed by atoms with Gasteiger partial charge in [0, 0.05) is 32.0 Å². The van der Waals surface area contributed by atoms with Gasteiger partial charge in [0.1, 0.15) is 0 Å². The Bertz CT molecular complexity index is 548. The van der Waals surface area contributed by atoms with Crippen molar-refractivity contribution >= 4 is 5.91 Å². The van der Waals surface area contributed by atoms with Crippen molar-refractivity contribution in [2.24, 2.45) is 5.92 Å². The van der Waals surface area contributed by atoms with E-state index < -0.39 is 17.8 Å². The molecule has 0 aromatic heterocycles. The van der Waals surface area contributed by atoms with Gasteiger partial charge in [0.15, 0.2) is 0 Å². The molecule has 1 aliphatic rings. The molecular formula is C16H21F3N2O2. The molecule has 3 atom stereocenters.